The lowest BCUT2D eigenvalue weighted by Crippen LogP contribution is -2.09. The molecule has 2 aromatic heterocycles. The van der Waals surface area contributed by atoms with E-state index in [2.05, 4.69) is 20.4 Å². The smallest absolute Gasteiger partial charge is 0.227 e. The summed E-state index contributed by atoms with van der Waals surface area (Å²) in [4.78, 5) is 8.69. The first kappa shape index (κ1) is 12.3. The predicted octanol–water partition coefficient (Wildman–Crippen LogP) is 1.98. The number of hydrogen-bond acceptors (Lipinski definition) is 5. The van der Waals surface area contributed by atoms with Crippen LogP contribution in [0.1, 0.15) is 24.3 Å². The van der Waals surface area contributed by atoms with Crippen LogP contribution in [-0.4, -0.2) is 28.2 Å². The van der Waals surface area contributed by atoms with Crippen molar-refractivity contribution in [2.45, 2.75) is 26.2 Å². The second kappa shape index (κ2) is 5.48. The zero-order valence-corrected chi connectivity index (χ0v) is 11.1. The molecule has 1 N–H and O–H groups in total. The second-order valence-electron chi connectivity index (χ2n) is 5.13. The Balaban J connectivity index is 1.65. The molecular weight excluding hydrogens is 240 g/mol. The van der Waals surface area contributed by atoms with Gasteiger partial charge in [0.15, 0.2) is 0 Å². The number of aromatic nitrogens is 3. The van der Waals surface area contributed by atoms with Gasteiger partial charge in [-0.25, -0.2) is 0 Å². The van der Waals surface area contributed by atoms with Crippen molar-refractivity contribution in [3.63, 3.8) is 0 Å². The van der Waals surface area contributed by atoms with Crippen LogP contribution >= 0.6 is 0 Å². The summed E-state index contributed by atoms with van der Waals surface area (Å²) < 4.78 is 5.30. The summed E-state index contributed by atoms with van der Waals surface area (Å²) in [5.41, 5.74) is 1.92. The van der Waals surface area contributed by atoms with E-state index in [0.29, 0.717) is 11.7 Å². The van der Waals surface area contributed by atoms with Crippen LogP contribution in [-0.2, 0) is 6.42 Å². The summed E-state index contributed by atoms with van der Waals surface area (Å²) >= 11 is 0. The average molecular weight is 258 g/mol. The molecule has 0 aromatic carbocycles. The van der Waals surface area contributed by atoms with Gasteiger partial charge in [-0.2, -0.15) is 4.98 Å². The number of nitrogens with one attached hydrogen (secondary N) is 1. The fourth-order valence-electron chi connectivity index (χ4n) is 2.41. The number of rotatable bonds is 4. The quantitative estimate of drug-likeness (QED) is 0.908. The molecule has 0 amide bonds. The lowest BCUT2D eigenvalue weighted by molar-refractivity contribution is 0.365. The third-order valence-electron chi connectivity index (χ3n) is 3.54. The first-order valence-electron chi connectivity index (χ1n) is 6.77. The van der Waals surface area contributed by atoms with Crippen molar-refractivity contribution in [2.75, 3.05) is 13.1 Å². The van der Waals surface area contributed by atoms with E-state index in [4.69, 9.17) is 4.52 Å². The zero-order chi connectivity index (χ0) is 13.1. The van der Waals surface area contributed by atoms with Gasteiger partial charge in [0.25, 0.3) is 0 Å². The first-order valence-corrected chi connectivity index (χ1v) is 6.77. The monoisotopic (exact) mass is 258 g/mol. The van der Waals surface area contributed by atoms with Gasteiger partial charge in [0.05, 0.1) is 0 Å². The van der Waals surface area contributed by atoms with Crippen molar-refractivity contribution < 1.29 is 4.52 Å². The van der Waals surface area contributed by atoms with Crippen LogP contribution in [0, 0.1) is 12.8 Å². The van der Waals surface area contributed by atoms with Crippen LogP contribution in [0.4, 0.5) is 0 Å². The average Bonchev–Trinajstić information content (AvgIpc) is 3.08. The lowest BCUT2D eigenvalue weighted by Gasteiger charge is -2.03. The topological polar surface area (TPSA) is 63.8 Å². The second-order valence-corrected chi connectivity index (χ2v) is 5.13. The van der Waals surface area contributed by atoms with Gasteiger partial charge >= 0.3 is 0 Å². The van der Waals surface area contributed by atoms with Gasteiger partial charge < -0.3 is 9.84 Å². The Labute approximate surface area is 112 Å². The number of aryl methyl sites for hydroxylation is 2. The van der Waals surface area contributed by atoms with Gasteiger partial charge in [-0.05, 0) is 56.5 Å². The molecule has 1 aliphatic heterocycles. The van der Waals surface area contributed by atoms with Crippen molar-refractivity contribution in [2.24, 2.45) is 5.92 Å². The van der Waals surface area contributed by atoms with E-state index < -0.39 is 0 Å². The molecule has 1 saturated heterocycles. The Hall–Kier alpha value is -1.75. The molecule has 0 bridgehead atoms. The van der Waals surface area contributed by atoms with Crippen molar-refractivity contribution in [1.82, 2.24) is 20.4 Å². The van der Waals surface area contributed by atoms with Gasteiger partial charge in [0, 0.05) is 12.6 Å². The van der Waals surface area contributed by atoms with Gasteiger partial charge in [-0.15, -0.1) is 0 Å². The molecule has 100 valence electrons. The molecule has 1 unspecified atom stereocenters. The Morgan fingerprint density at radius 1 is 1.47 bits per heavy atom. The zero-order valence-electron chi connectivity index (χ0n) is 11.1. The largest absolute Gasteiger partial charge is 0.339 e. The summed E-state index contributed by atoms with van der Waals surface area (Å²) in [6.07, 6.45) is 4.98. The van der Waals surface area contributed by atoms with Crippen molar-refractivity contribution in [1.29, 1.82) is 0 Å². The summed E-state index contributed by atoms with van der Waals surface area (Å²) in [5.74, 6) is 2.04. The Kier molecular flexibility index (Phi) is 3.55. The van der Waals surface area contributed by atoms with E-state index in [1.54, 1.807) is 6.20 Å². The Bertz CT molecular complexity index is 546. The molecule has 5 heteroatoms. The predicted molar refractivity (Wildman–Crippen MR) is 71.6 cm³/mol. The van der Waals surface area contributed by atoms with Crippen LogP contribution in [0.5, 0.6) is 0 Å². The molecule has 1 aliphatic rings. The number of hydrogen-bond donors (Lipinski definition) is 1. The van der Waals surface area contributed by atoms with Crippen LogP contribution in [0.2, 0.25) is 0 Å². The maximum Gasteiger partial charge on any atom is 0.227 e. The fourth-order valence-corrected chi connectivity index (χ4v) is 2.41. The summed E-state index contributed by atoms with van der Waals surface area (Å²) in [6.45, 7) is 4.27. The van der Waals surface area contributed by atoms with Crippen LogP contribution in [0.3, 0.4) is 0 Å². The Morgan fingerprint density at radius 2 is 2.42 bits per heavy atom. The van der Waals surface area contributed by atoms with Crippen LogP contribution < -0.4 is 5.32 Å². The number of pyridine rings is 1. The fraction of sp³-hybridized carbons (Fsp3) is 0.500. The van der Waals surface area contributed by atoms with E-state index in [0.717, 1.165) is 43.1 Å². The molecule has 3 heterocycles. The van der Waals surface area contributed by atoms with E-state index >= 15 is 0 Å². The highest BCUT2D eigenvalue weighted by atomic mass is 16.5. The minimum Gasteiger partial charge on any atom is -0.339 e. The van der Waals surface area contributed by atoms with E-state index in [-0.39, 0.29) is 0 Å². The van der Waals surface area contributed by atoms with Crippen LogP contribution in [0.25, 0.3) is 11.5 Å². The standard InChI is InChI=1S/C14H18N4O/c1-10-4-7-16-12(8-10)14-17-13(19-18-14)3-2-11-5-6-15-9-11/h4,7-8,11,15H,2-3,5-6,9H2,1H3. The maximum absolute atomic E-state index is 5.30. The maximum atomic E-state index is 5.30. The Morgan fingerprint density at radius 3 is 3.21 bits per heavy atom. The molecule has 1 fully saturated rings. The number of nitrogens with zero attached hydrogens (tertiary/aromatic N) is 3. The molecule has 0 saturated carbocycles. The molecule has 0 aliphatic carbocycles. The van der Waals surface area contributed by atoms with Crippen LogP contribution in [0.15, 0.2) is 22.9 Å². The third-order valence-corrected chi connectivity index (χ3v) is 3.54. The van der Waals surface area contributed by atoms with Crippen molar-refractivity contribution >= 4 is 0 Å². The SMILES string of the molecule is Cc1ccnc(-c2noc(CCC3CCNC3)n2)c1. The highest BCUT2D eigenvalue weighted by Crippen LogP contribution is 2.18. The van der Waals surface area contributed by atoms with Gasteiger partial charge in [0.2, 0.25) is 11.7 Å². The van der Waals surface area contributed by atoms with Crippen molar-refractivity contribution in [3.8, 4) is 11.5 Å². The molecule has 2 aromatic rings. The summed E-state index contributed by atoms with van der Waals surface area (Å²) in [6, 6.07) is 3.92. The van der Waals surface area contributed by atoms with E-state index in [1.807, 2.05) is 19.1 Å². The lowest BCUT2D eigenvalue weighted by atomic mass is 10.0. The molecule has 19 heavy (non-hydrogen) atoms. The highest BCUT2D eigenvalue weighted by molar-refractivity contribution is 5.48. The van der Waals surface area contributed by atoms with Gasteiger partial charge in [-0.3, -0.25) is 4.98 Å². The first-order chi connectivity index (χ1) is 9.31. The third kappa shape index (κ3) is 2.98. The van der Waals surface area contributed by atoms with Gasteiger partial charge in [-0.1, -0.05) is 5.16 Å². The molecule has 0 spiro atoms. The van der Waals surface area contributed by atoms with E-state index in [1.165, 1.54) is 6.42 Å². The summed E-state index contributed by atoms with van der Waals surface area (Å²) in [5, 5.41) is 7.38. The molecule has 0 radical (unpaired) electrons. The minimum atomic E-state index is 0.586. The highest BCUT2D eigenvalue weighted by Gasteiger charge is 2.16. The minimum absolute atomic E-state index is 0.586. The summed E-state index contributed by atoms with van der Waals surface area (Å²) in [7, 11) is 0. The molecule has 1 atom stereocenters. The van der Waals surface area contributed by atoms with Crippen molar-refractivity contribution in [3.05, 3.63) is 29.8 Å². The van der Waals surface area contributed by atoms with E-state index in [9.17, 15) is 0 Å². The molecule has 3 rings (SSSR count). The molecular formula is C14H18N4O. The molecule has 5 nitrogen and oxygen atoms in total. The normalized spacial score (nSPS) is 18.9. The van der Waals surface area contributed by atoms with Gasteiger partial charge in [0.1, 0.15) is 5.69 Å².